The van der Waals surface area contributed by atoms with Crippen molar-refractivity contribution in [1.82, 2.24) is 19.9 Å². The van der Waals surface area contributed by atoms with Gasteiger partial charge in [0.2, 0.25) is 0 Å². The summed E-state index contributed by atoms with van der Waals surface area (Å²) in [6.45, 7) is 0. The molecule has 0 saturated carbocycles. The molecule has 3 rings (SSSR count). The van der Waals surface area contributed by atoms with Crippen LogP contribution in [-0.2, 0) is 6.42 Å². The highest BCUT2D eigenvalue weighted by atomic mass is 15.0. The Morgan fingerprint density at radius 3 is 2.67 bits per heavy atom. The highest BCUT2D eigenvalue weighted by Gasteiger charge is 2.13. The molecule has 0 aliphatic carbocycles. The van der Waals surface area contributed by atoms with Crippen LogP contribution in [0.5, 0.6) is 0 Å². The Hall–Kier alpha value is -2.63. The minimum atomic E-state index is 0.374. The number of nitrogens with zero attached hydrogens (tertiary/aromatic N) is 3. The number of aromatic amines is 1. The molecule has 3 aromatic heterocycles. The number of nitrogens with two attached hydrogens (primary N) is 2. The number of hydrogen-bond donors (Lipinski definition) is 3. The van der Waals surface area contributed by atoms with Gasteiger partial charge in [-0.05, 0) is 17.7 Å². The highest BCUT2D eigenvalue weighted by Crippen LogP contribution is 2.26. The van der Waals surface area contributed by atoms with Gasteiger partial charge in [-0.2, -0.15) is 0 Å². The summed E-state index contributed by atoms with van der Waals surface area (Å²) in [5, 5.41) is 0. The van der Waals surface area contributed by atoms with Crippen LogP contribution in [0.15, 0.2) is 30.9 Å². The first-order chi connectivity index (χ1) is 8.75. The second kappa shape index (κ2) is 3.99. The zero-order valence-corrected chi connectivity index (χ0v) is 9.59. The standard InChI is InChI=1S/C12H12N6/c13-11-8(5-7-1-3-15-4-2-7)9-10(12(14)18-11)17-6-16-9/h1-4,6H,5H2,(H,16,17)(H4,13,14,18). The van der Waals surface area contributed by atoms with E-state index >= 15 is 0 Å². The number of nitrogen functional groups attached to an aromatic ring is 2. The highest BCUT2D eigenvalue weighted by molar-refractivity contribution is 5.90. The molecular weight excluding hydrogens is 228 g/mol. The molecule has 3 aromatic rings. The Kier molecular flexibility index (Phi) is 2.33. The van der Waals surface area contributed by atoms with Gasteiger partial charge >= 0.3 is 0 Å². The SMILES string of the molecule is Nc1nc(N)c2[nH]cnc2c1Cc1ccncc1. The molecule has 0 radical (unpaired) electrons. The van der Waals surface area contributed by atoms with E-state index in [0.717, 1.165) is 22.2 Å². The van der Waals surface area contributed by atoms with Gasteiger partial charge in [-0.3, -0.25) is 4.98 Å². The van der Waals surface area contributed by atoms with Gasteiger partial charge in [-0.15, -0.1) is 0 Å². The number of anilines is 2. The summed E-state index contributed by atoms with van der Waals surface area (Å²) in [6, 6.07) is 3.88. The molecule has 0 fully saturated rings. The molecule has 6 nitrogen and oxygen atoms in total. The van der Waals surface area contributed by atoms with Crippen LogP contribution >= 0.6 is 0 Å². The van der Waals surface area contributed by atoms with Crippen molar-refractivity contribution in [3.05, 3.63) is 42.0 Å². The lowest BCUT2D eigenvalue weighted by Crippen LogP contribution is -2.04. The average Bonchev–Trinajstić information content (AvgIpc) is 2.85. The Morgan fingerprint density at radius 1 is 1.11 bits per heavy atom. The topological polar surface area (TPSA) is 106 Å². The van der Waals surface area contributed by atoms with E-state index in [9.17, 15) is 0 Å². The van der Waals surface area contributed by atoms with Gasteiger partial charge in [0.1, 0.15) is 11.3 Å². The fraction of sp³-hybridized carbons (Fsp3) is 0.0833. The van der Waals surface area contributed by atoms with Crippen molar-refractivity contribution in [2.24, 2.45) is 0 Å². The van der Waals surface area contributed by atoms with Crippen molar-refractivity contribution in [1.29, 1.82) is 0 Å². The molecule has 5 N–H and O–H groups in total. The lowest BCUT2D eigenvalue weighted by molar-refractivity contribution is 1.15. The number of fused-ring (bicyclic) bond motifs is 1. The van der Waals surface area contributed by atoms with Crippen molar-refractivity contribution in [3.63, 3.8) is 0 Å². The number of rotatable bonds is 2. The predicted octanol–water partition coefficient (Wildman–Crippen LogP) is 1.11. The van der Waals surface area contributed by atoms with E-state index in [1.54, 1.807) is 18.7 Å². The van der Waals surface area contributed by atoms with Crippen molar-refractivity contribution in [2.75, 3.05) is 11.5 Å². The summed E-state index contributed by atoms with van der Waals surface area (Å²) in [5.74, 6) is 0.794. The molecule has 0 aliphatic rings. The molecule has 90 valence electrons. The first kappa shape index (κ1) is 10.5. The van der Waals surface area contributed by atoms with Crippen molar-refractivity contribution >= 4 is 22.7 Å². The van der Waals surface area contributed by atoms with E-state index in [-0.39, 0.29) is 0 Å². The number of pyridine rings is 2. The van der Waals surface area contributed by atoms with Crippen LogP contribution in [0, 0.1) is 0 Å². The van der Waals surface area contributed by atoms with Gasteiger partial charge < -0.3 is 16.5 Å². The van der Waals surface area contributed by atoms with Crippen LogP contribution in [0.25, 0.3) is 11.0 Å². The van der Waals surface area contributed by atoms with Gasteiger partial charge in [-0.25, -0.2) is 9.97 Å². The third-order valence-corrected chi connectivity index (χ3v) is 2.86. The zero-order chi connectivity index (χ0) is 12.5. The monoisotopic (exact) mass is 240 g/mol. The molecule has 0 spiro atoms. The van der Waals surface area contributed by atoms with Gasteiger partial charge in [0, 0.05) is 24.4 Å². The number of H-pyrrole nitrogens is 1. The lowest BCUT2D eigenvalue weighted by Gasteiger charge is -2.07. The summed E-state index contributed by atoms with van der Waals surface area (Å²) in [6.07, 6.45) is 5.75. The van der Waals surface area contributed by atoms with Gasteiger partial charge in [0.05, 0.1) is 11.8 Å². The predicted molar refractivity (Wildman–Crippen MR) is 69.8 cm³/mol. The summed E-state index contributed by atoms with van der Waals surface area (Å²) >= 11 is 0. The van der Waals surface area contributed by atoms with Gasteiger partial charge in [0.25, 0.3) is 0 Å². The van der Waals surface area contributed by atoms with Gasteiger partial charge in [-0.1, -0.05) is 0 Å². The quantitative estimate of drug-likeness (QED) is 0.622. The zero-order valence-electron chi connectivity index (χ0n) is 9.59. The number of aromatic nitrogens is 4. The molecule has 0 aromatic carbocycles. The summed E-state index contributed by atoms with van der Waals surface area (Å²) in [7, 11) is 0. The molecule has 0 aliphatic heterocycles. The number of imidazole rings is 1. The molecule has 0 atom stereocenters. The maximum Gasteiger partial charge on any atom is 0.151 e. The van der Waals surface area contributed by atoms with Crippen molar-refractivity contribution in [3.8, 4) is 0 Å². The summed E-state index contributed by atoms with van der Waals surface area (Å²) in [5.41, 5.74) is 15.2. The Bertz CT molecular complexity index is 688. The van der Waals surface area contributed by atoms with Crippen LogP contribution in [0.4, 0.5) is 11.6 Å². The van der Waals surface area contributed by atoms with E-state index in [2.05, 4.69) is 19.9 Å². The first-order valence-electron chi connectivity index (χ1n) is 5.51. The van der Waals surface area contributed by atoms with E-state index in [4.69, 9.17) is 11.5 Å². The van der Waals surface area contributed by atoms with Crippen LogP contribution in [0.1, 0.15) is 11.1 Å². The minimum absolute atomic E-state index is 0.374. The fourth-order valence-corrected chi connectivity index (χ4v) is 1.97. The number of nitrogens with one attached hydrogen (secondary N) is 1. The molecule has 0 saturated heterocycles. The van der Waals surface area contributed by atoms with Crippen LogP contribution in [-0.4, -0.2) is 19.9 Å². The summed E-state index contributed by atoms with van der Waals surface area (Å²) in [4.78, 5) is 15.4. The summed E-state index contributed by atoms with van der Waals surface area (Å²) < 4.78 is 0. The van der Waals surface area contributed by atoms with Crippen molar-refractivity contribution < 1.29 is 0 Å². The third-order valence-electron chi connectivity index (χ3n) is 2.86. The molecule has 6 heteroatoms. The molecular formula is C12H12N6. The molecule has 0 bridgehead atoms. The fourth-order valence-electron chi connectivity index (χ4n) is 1.97. The van der Waals surface area contributed by atoms with E-state index < -0.39 is 0 Å². The molecule has 3 heterocycles. The molecule has 0 amide bonds. The van der Waals surface area contributed by atoms with E-state index in [1.165, 1.54) is 0 Å². The normalized spacial score (nSPS) is 10.9. The Balaban J connectivity index is 2.14. The largest absolute Gasteiger partial charge is 0.383 e. The Labute approximate surface area is 103 Å². The smallest absolute Gasteiger partial charge is 0.151 e. The van der Waals surface area contributed by atoms with Crippen molar-refractivity contribution in [2.45, 2.75) is 6.42 Å². The molecule has 0 unspecified atom stereocenters. The van der Waals surface area contributed by atoms with Crippen LogP contribution < -0.4 is 11.5 Å². The second-order valence-electron chi connectivity index (χ2n) is 4.02. The molecule has 18 heavy (non-hydrogen) atoms. The average molecular weight is 240 g/mol. The van der Waals surface area contributed by atoms with E-state index in [0.29, 0.717) is 18.1 Å². The van der Waals surface area contributed by atoms with Crippen LogP contribution in [0.2, 0.25) is 0 Å². The first-order valence-corrected chi connectivity index (χ1v) is 5.51. The second-order valence-corrected chi connectivity index (χ2v) is 4.02. The van der Waals surface area contributed by atoms with Gasteiger partial charge in [0.15, 0.2) is 5.82 Å². The maximum absolute atomic E-state index is 5.93. The number of hydrogen-bond acceptors (Lipinski definition) is 5. The van der Waals surface area contributed by atoms with E-state index in [1.807, 2.05) is 12.1 Å². The maximum atomic E-state index is 5.93. The van der Waals surface area contributed by atoms with Crippen LogP contribution in [0.3, 0.4) is 0 Å². The lowest BCUT2D eigenvalue weighted by atomic mass is 10.1. The minimum Gasteiger partial charge on any atom is -0.383 e. The Morgan fingerprint density at radius 2 is 1.89 bits per heavy atom. The third kappa shape index (κ3) is 1.64.